The maximum atomic E-state index is 13.3. The SMILES string of the molecule is Cc1cccc(N2C(=O)C(Nc3ccc(F)cc3)=C(c3cccs3)C2=O)c1C. The average molecular weight is 392 g/mol. The molecule has 0 saturated heterocycles. The van der Waals surface area contributed by atoms with Crippen LogP contribution in [0.15, 0.2) is 65.7 Å². The number of halogens is 1. The maximum Gasteiger partial charge on any atom is 0.282 e. The molecular formula is C22H17FN2O2S. The molecule has 0 saturated carbocycles. The van der Waals surface area contributed by atoms with E-state index in [2.05, 4.69) is 5.32 Å². The van der Waals surface area contributed by atoms with Gasteiger partial charge >= 0.3 is 0 Å². The number of anilines is 2. The molecule has 0 radical (unpaired) electrons. The van der Waals surface area contributed by atoms with Crippen molar-refractivity contribution in [1.82, 2.24) is 0 Å². The van der Waals surface area contributed by atoms with E-state index in [4.69, 9.17) is 0 Å². The van der Waals surface area contributed by atoms with Gasteiger partial charge in [-0.15, -0.1) is 11.3 Å². The Kier molecular flexibility index (Phi) is 4.57. The van der Waals surface area contributed by atoms with Gasteiger partial charge in [0.05, 0.1) is 11.3 Å². The zero-order chi connectivity index (χ0) is 19.8. The van der Waals surface area contributed by atoms with Crippen LogP contribution in [0.2, 0.25) is 0 Å². The van der Waals surface area contributed by atoms with Gasteiger partial charge in [0.25, 0.3) is 11.8 Å². The van der Waals surface area contributed by atoms with Crippen molar-refractivity contribution >= 4 is 40.1 Å². The predicted octanol–water partition coefficient (Wildman–Crippen LogP) is 4.90. The summed E-state index contributed by atoms with van der Waals surface area (Å²) in [5.74, 6) is -1.17. The summed E-state index contributed by atoms with van der Waals surface area (Å²) in [5.41, 5.74) is 3.49. The van der Waals surface area contributed by atoms with Gasteiger partial charge in [-0.2, -0.15) is 0 Å². The van der Waals surface area contributed by atoms with E-state index < -0.39 is 5.91 Å². The summed E-state index contributed by atoms with van der Waals surface area (Å²) < 4.78 is 13.2. The second-order valence-electron chi connectivity index (χ2n) is 6.52. The number of benzene rings is 2. The first-order valence-electron chi connectivity index (χ1n) is 8.73. The first kappa shape index (κ1) is 18.1. The third kappa shape index (κ3) is 3.01. The van der Waals surface area contributed by atoms with Crippen LogP contribution in [0, 0.1) is 19.7 Å². The van der Waals surface area contributed by atoms with Crippen LogP contribution < -0.4 is 10.2 Å². The zero-order valence-corrected chi connectivity index (χ0v) is 16.1. The number of carbonyl (C=O) groups is 2. The summed E-state index contributed by atoms with van der Waals surface area (Å²) in [4.78, 5) is 28.5. The van der Waals surface area contributed by atoms with Crippen molar-refractivity contribution < 1.29 is 14.0 Å². The number of imide groups is 1. The van der Waals surface area contributed by atoms with Gasteiger partial charge < -0.3 is 5.32 Å². The lowest BCUT2D eigenvalue weighted by molar-refractivity contribution is -0.120. The van der Waals surface area contributed by atoms with E-state index >= 15 is 0 Å². The molecule has 2 heterocycles. The quantitative estimate of drug-likeness (QED) is 0.643. The molecule has 28 heavy (non-hydrogen) atoms. The standard InChI is InChI=1S/C22H17FN2O2S/c1-13-5-3-6-17(14(13)2)25-21(26)19(18-7-4-12-28-18)20(22(25)27)24-16-10-8-15(23)9-11-16/h3-12,24H,1-2H3. The summed E-state index contributed by atoms with van der Waals surface area (Å²) in [6, 6.07) is 14.9. The van der Waals surface area contributed by atoms with Gasteiger partial charge in [0.2, 0.25) is 0 Å². The van der Waals surface area contributed by atoms with Crippen molar-refractivity contribution in [3.8, 4) is 0 Å². The van der Waals surface area contributed by atoms with Crippen LogP contribution in [-0.2, 0) is 9.59 Å². The Labute approximate surface area is 165 Å². The fourth-order valence-corrected chi connectivity index (χ4v) is 3.94. The van der Waals surface area contributed by atoms with Gasteiger partial charge in [0, 0.05) is 10.6 Å². The van der Waals surface area contributed by atoms with Crippen molar-refractivity contribution in [1.29, 1.82) is 0 Å². The number of rotatable bonds is 4. The summed E-state index contributed by atoms with van der Waals surface area (Å²) >= 11 is 1.39. The van der Waals surface area contributed by atoms with Gasteiger partial charge in [0.15, 0.2) is 0 Å². The van der Waals surface area contributed by atoms with E-state index in [0.717, 1.165) is 11.1 Å². The lowest BCUT2D eigenvalue weighted by Crippen LogP contribution is -2.33. The summed E-state index contributed by atoms with van der Waals surface area (Å²) in [7, 11) is 0. The lowest BCUT2D eigenvalue weighted by Gasteiger charge is -2.19. The molecule has 0 fully saturated rings. The minimum Gasteiger partial charge on any atom is -0.350 e. The third-order valence-electron chi connectivity index (χ3n) is 4.78. The number of aryl methyl sites for hydroxylation is 1. The molecule has 0 atom stereocenters. The predicted molar refractivity (Wildman–Crippen MR) is 110 cm³/mol. The van der Waals surface area contributed by atoms with Gasteiger partial charge in [0.1, 0.15) is 11.5 Å². The molecule has 140 valence electrons. The highest BCUT2D eigenvalue weighted by Crippen LogP contribution is 2.37. The van der Waals surface area contributed by atoms with E-state index in [-0.39, 0.29) is 17.4 Å². The van der Waals surface area contributed by atoms with Crippen LogP contribution in [0.5, 0.6) is 0 Å². The van der Waals surface area contributed by atoms with Gasteiger partial charge in [-0.05, 0) is 66.8 Å². The van der Waals surface area contributed by atoms with Gasteiger partial charge in [-0.25, -0.2) is 9.29 Å². The number of hydrogen-bond acceptors (Lipinski definition) is 4. The third-order valence-corrected chi connectivity index (χ3v) is 5.67. The molecule has 3 aromatic rings. The average Bonchev–Trinajstić information content (AvgIpc) is 3.27. The van der Waals surface area contributed by atoms with Crippen molar-refractivity contribution in [2.75, 3.05) is 10.2 Å². The normalized spacial score (nSPS) is 14.2. The van der Waals surface area contributed by atoms with Crippen molar-refractivity contribution in [3.05, 3.63) is 87.5 Å². The first-order chi connectivity index (χ1) is 13.5. The number of thiophene rings is 1. The molecule has 1 aliphatic rings. The minimum absolute atomic E-state index is 0.194. The van der Waals surface area contributed by atoms with Crippen LogP contribution in [0.1, 0.15) is 16.0 Å². The number of nitrogens with zero attached hydrogens (tertiary/aromatic N) is 1. The van der Waals surface area contributed by atoms with Crippen LogP contribution in [0.4, 0.5) is 15.8 Å². The Morgan fingerprint density at radius 2 is 1.68 bits per heavy atom. The van der Waals surface area contributed by atoms with E-state index in [9.17, 15) is 14.0 Å². The molecule has 4 nitrogen and oxygen atoms in total. The van der Waals surface area contributed by atoms with E-state index in [0.29, 0.717) is 21.8 Å². The zero-order valence-electron chi connectivity index (χ0n) is 15.3. The molecule has 0 bridgehead atoms. The largest absolute Gasteiger partial charge is 0.350 e. The molecule has 1 aromatic heterocycles. The minimum atomic E-state index is -0.425. The molecule has 0 unspecified atom stereocenters. The maximum absolute atomic E-state index is 13.3. The molecule has 1 N–H and O–H groups in total. The Balaban J connectivity index is 1.82. The molecule has 2 aromatic carbocycles. The van der Waals surface area contributed by atoms with Crippen molar-refractivity contribution in [3.63, 3.8) is 0 Å². The molecule has 2 amide bonds. The van der Waals surface area contributed by atoms with E-state index in [1.165, 1.54) is 40.5 Å². The topological polar surface area (TPSA) is 49.4 Å². The summed E-state index contributed by atoms with van der Waals surface area (Å²) in [6.07, 6.45) is 0. The number of nitrogens with one attached hydrogen (secondary N) is 1. The van der Waals surface area contributed by atoms with E-state index in [1.807, 2.05) is 43.5 Å². The second kappa shape index (κ2) is 7.05. The Morgan fingerprint density at radius 3 is 2.36 bits per heavy atom. The molecular weight excluding hydrogens is 375 g/mol. The Bertz CT molecular complexity index is 1100. The van der Waals surface area contributed by atoms with Crippen LogP contribution in [0.25, 0.3) is 5.57 Å². The fourth-order valence-electron chi connectivity index (χ4n) is 3.17. The Morgan fingerprint density at radius 1 is 0.929 bits per heavy atom. The Hall–Kier alpha value is -3.25. The van der Waals surface area contributed by atoms with E-state index in [1.54, 1.807) is 6.07 Å². The number of hydrogen-bond donors (Lipinski definition) is 1. The highest BCUT2D eigenvalue weighted by Gasteiger charge is 2.41. The fraction of sp³-hybridized carbons (Fsp3) is 0.0909. The molecule has 0 aliphatic carbocycles. The van der Waals surface area contributed by atoms with Crippen molar-refractivity contribution in [2.45, 2.75) is 13.8 Å². The monoisotopic (exact) mass is 392 g/mol. The molecule has 0 spiro atoms. The molecule has 4 rings (SSSR count). The summed E-state index contributed by atoms with van der Waals surface area (Å²) in [5, 5.41) is 4.89. The smallest absolute Gasteiger partial charge is 0.282 e. The van der Waals surface area contributed by atoms with Crippen LogP contribution in [-0.4, -0.2) is 11.8 Å². The van der Waals surface area contributed by atoms with Crippen molar-refractivity contribution in [2.24, 2.45) is 0 Å². The highest BCUT2D eigenvalue weighted by atomic mass is 32.1. The second-order valence-corrected chi connectivity index (χ2v) is 7.47. The number of amides is 2. The highest BCUT2D eigenvalue weighted by molar-refractivity contribution is 7.11. The van der Waals surface area contributed by atoms with Crippen LogP contribution >= 0.6 is 11.3 Å². The molecule has 1 aliphatic heterocycles. The van der Waals surface area contributed by atoms with Gasteiger partial charge in [-0.3, -0.25) is 9.59 Å². The van der Waals surface area contributed by atoms with Crippen LogP contribution in [0.3, 0.4) is 0 Å². The summed E-state index contributed by atoms with van der Waals surface area (Å²) in [6.45, 7) is 3.83. The lowest BCUT2D eigenvalue weighted by atomic mass is 10.1. The number of carbonyl (C=O) groups excluding carboxylic acids is 2. The first-order valence-corrected chi connectivity index (χ1v) is 9.61. The van der Waals surface area contributed by atoms with Gasteiger partial charge in [-0.1, -0.05) is 18.2 Å². The molecule has 6 heteroatoms.